The number of carbonyl (C=O) groups excluding carboxylic acids is 1. The van der Waals surface area contributed by atoms with E-state index >= 15 is 0 Å². The first-order chi connectivity index (χ1) is 13.5. The molecule has 0 radical (unpaired) electrons. The van der Waals surface area contributed by atoms with Crippen LogP contribution < -0.4 is 10.6 Å². The van der Waals surface area contributed by atoms with Crippen LogP contribution in [-0.4, -0.2) is 51.6 Å². The highest BCUT2D eigenvalue weighted by Crippen LogP contribution is 2.45. The fraction of sp³-hybridized carbons (Fsp3) is 0.333. The largest absolute Gasteiger partial charge is 0.465 e. The molecule has 3 N–H and O–H groups in total. The molecule has 28 heavy (non-hydrogen) atoms. The molecule has 0 bridgehead atoms. The summed E-state index contributed by atoms with van der Waals surface area (Å²) < 4.78 is 1.07. The zero-order valence-corrected chi connectivity index (χ0v) is 16.8. The SMILES string of the molecule is CC(=O)Nc1sc2c(c1-c1nc3cnccc3s1)CCN(CCNC(=O)O)C2. The van der Waals surface area contributed by atoms with Gasteiger partial charge in [0.05, 0.1) is 10.9 Å². The third-order valence-corrected chi connectivity index (χ3v) is 6.72. The number of amides is 2. The summed E-state index contributed by atoms with van der Waals surface area (Å²) in [6.45, 7) is 4.13. The van der Waals surface area contributed by atoms with Crippen LogP contribution in [0.5, 0.6) is 0 Å². The number of carbonyl (C=O) groups is 2. The van der Waals surface area contributed by atoms with Gasteiger partial charge in [-0.3, -0.25) is 14.7 Å². The second-order valence-electron chi connectivity index (χ2n) is 6.51. The molecule has 3 aromatic rings. The van der Waals surface area contributed by atoms with Crippen molar-refractivity contribution in [1.29, 1.82) is 0 Å². The van der Waals surface area contributed by atoms with E-state index in [0.717, 1.165) is 45.3 Å². The fourth-order valence-electron chi connectivity index (χ4n) is 3.33. The van der Waals surface area contributed by atoms with Crippen LogP contribution in [0.2, 0.25) is 0 Å². The van der Waals surface area contributed by atoms with Crippen molar-refractivity contribution in [3.8, 4) is 10.6 Å². The average Bonchev–Trinajstić information content (AvgIpc) is 3.20. The van der Waals surface area contributed by atoms with Crippen LogP contribution >= 0.6 is 22.7 Å². The number of carboxylic acid groups (broad SMARTS) is 1. The van der Waals surface area contributed by atoms with Gasteiger partial charge in [-0.2, -0.15) is 0 Å². The van der Waals surface area contributed by atoms with Gasteiger partial charge in [-0.15, -0.1) is 22.7 Å². The topological polar surface area (TPSA) is 107 Å². The Bertz CT molecular complexity index is 1010. The van der Waals surface area contributed by atoms with E-state index < -0.39 is 6.09 Å². The van der Waals surface area contributed by atoms with Gasteiger partial charge in [-0.25, -0.2) is 9.78 Å². The number of thiazole rings is 1. The van der Waals surface area contributed by atoms with E-state index in [1.165, 1.54) is 17.4 Å². The van der Waals surface area contributed by atoms with Crippen molar-refractivity contribution in [2.75, 3.05) is 25.0 Å². The van der Waals surface area contributed by atoms with Crippen LogP contribution in [0.4, 0.5) is 9.80 Å². The van der Waals surface area contributed by atoms with Crippen molar-refractivity contribution in [2.45, 2.75) is 19.9 Å². The number of fused-ring (bicyclic) bond motifs is 2. The number of rotatable bonds is 5. The summed E-state index contributed by atoms with van der Waals surface area (Å²) in [5, 5.41) is 15.8. The summed E-state index contributed by atoms with van der Waals surface area (Å²) in [6, 6.07) is 1.95. The van der Waals surface area contributed by atoms with Gasteiger partial charge < -0.3 is 15.7 Å². The monoisotopic (exact) mass is 417 g/mol. The van der Waals surface area contributed by atoms with Gasteiger partial charge in [0.25, 0.3) is 0 Å². The molecule has 0 aromatic carbocycles. The molecule has 0 unspecified atom stereocenters. The van der Waals surface area contributed by atoms with E-state index in [1.54, 1.807) is 35.1 Å². The highest BCUT2D eigenvalue weighted by Gasteiger charge is 2.27. The number of hydrogen-bond acceptors (Lipinski definition) is 7. The van der Waals surface area contributed by atoms with E-state index in [0.29, 0.717) is 13.1 Å². The second kappa shape index (κ2) is 7.82. The Balaban J connectivity index is 1.66. The molecule has 1 aliphatic rings. The van der Waals surface area contributed by atoms with Crippen LogP contribution in [-0.2, 0) is 17.8 Å². The maximum Gasteiger partial charge on any atom is 0.404 e. The van der Waals surface area contributed by atoms with Gasteiger partial charge in [-0.1, -0.05) is 0 Å². The lowest BCUT2D eigenvalue weighted by Crippen LogP contribution is -2.37. The molecule has 0 saturated carbocycles. The van der Waals surface area contributed by atoms with Crippen LogP contribution in [0.3, 0.4) is 0 Å². The Morgan fingerprint density at radius 3 is 2.96 bits per heavy atom. The van der Waals surface area contributed by atoms with E-state index in [1.807, 2.05) is 6.07 Å². The van der Waals surface area contributed by atoms with Crippen molar-refractivity contribution in [1.82, 2.24) is 20.2 Å². The van der Waals surface area contributed by atoms with Crippen LogP contribution in [0.1, 0.15) is 17.4 Å². The molecule has 1 aliphatic heterocycles. The van der Waals surface area contributed by atoms with Crippen molar-refractivity contribution < 1.29 is 14.7 Å². The summed E-state index contributed by atoms with van der Waals surface area (Å²) in [4.78, 5) is 34.7. The number of nitrogens with one attached hydrogen (secondary N) is 2. The quantitative estimate of drug-likeness (QED) is 0.589. The predicted molar refractivity (Wildman–Crippen MR) is 110 cm³/mol. The maximum absolute atomic E-state index is 11.7. The molecule has 0 atom stereocenters. The number of nitrogens with zero attached hydrogens (tertiary/aromatic N) is 3. The molecule has 0 fully saturated rings. The zero-order chi connectivity index (χ0) is 19.7. The summed E-state index contributed by atoms with van der Waals surface area (Å²) in [5.74, 6) is -0.106. The minimum atomic E-state index is -1.01. The Morgan fingerprint density at radius 2 is 2.21 bits per heavy atom. The minimum Gasteiger partial charge on any atom is -0.465 e. The smallest absolute Gasteiger partial charge is 0.404 e. The molecular weight excluding hydrogens is 398 g/mol. The number of aromatic nitrogens is 2. The third-order valence-electron chi connectivity index (χ3n) is 4.53. The van der Waals surface area contributed by atoms with Crippen molar-refractivity contribution >= 4 is 49.9 Å². The van der Waals surface area contributed by atoms with Gasteiger partial charge in [0, 0.05) is 49.7 Å². The van der Waals surface area contributed by atoms with Gasteiger partial charge in [0.2, 0.25) is 5.91 Å². The second-order valence-corrected chi connectivity index (χ2v) is 8.65. The highest BCUT2D eigenvalue weighted by molar-refractivity contribution is 7.22. The van der Waals surface area contributed by atoms with Gasteiger partial charge in [-0.05, 0) is 18.1 Å². The van der Waals surface area contributed by atoms with Crippen LogP contribution in [0.15, 0.2) is 18.5 Å². The van der Waals surface area contributed by atoms with Crippen molar-refractivity contribution in [3.63, 3.8) is 0 Å². The lowest BCUT2D eigenvalue weighted by molar-refractivity contribution is -0.114. The fourth-order valence-corrected chi connectivity index (χ4v) is 5.74. The lowest BCUT2D eigenvalue weighted by atomic mass is 10.0. The molecule has 8 nitrogen and oxygen atoms in total. The molecule has 146 valence electrons. The van der Waals surface area contributed by atoms with Crippen LogP contribution in [0, 0.1) is 0 Å². The minimum absolute atomic E-state index is 0.106. The van der Waals surface area contributed by atoms with E-state index in [9.17, 15) is 9.59 Å². The number of pyridine rings is 1. The Kier molecular flexibility index (Phi) is 5.25. The molecular formula is C18H19N5O3S2. The van der Waals surface area contributed by atoms with Gasteiger partial charge in [0.1, 0.15) is 15.5 Å². The molecule has 2 amide bonds. The molecule has 4 heterocycles. The molecule has 10 heteroatoms. The highest BCUT2D eigenvalue weighted by atomic mass is 32.1. The summed E-state index contributed by atoms with van der Waals surface area (Å²) in [5.41, 5.74) is 3.09. The Hall–Kier alpha value is -2.56. The van der Waals surface area contributed by atoms with Crippen LogP contribution in [0.25, 0.3) is 20.8 Å². The normalized spacial score (nSPS) is 14.0. The lowest BCUT2D eigenvalue weighted by Gasteiger charge is -2.26. The maximum atomic E-state index is 11.7. The third kappa shape index (κ3) is 3.84. The van der Waals surface area contributed by atoms with Crippen molar-refractivity contribution in [2.24, 2.45) is 0 Å². The molecule has 0 aliphatic carbocycles. The van der Waals surface area contributed by atoms with Crippen molar-refractivity contribution in [3.05, 3.63) is 28.9 Å². The predicted octanol–water partition coefficient (Wildman–Crippen LogP) is 3.00. The van der Waals surface area contributed by atoms with Gasteiger partial charge in [0.15, 0.2) is 0 Å². The van der Waals surface area contributed by atoms with Gasteiger partial charge >= 0.3 is 6.09 Å². The standard InChI is InChI=1S/C18H19N5O3S2/c1-10(24)21-16-15(17-22-12-8-19-4-2-13(12)27-17)11-3-6-23(9-14(11)28-16)7-5-20-18(25)26/h2,4,8,20H,3,5-7,9H2,1H3,(H,21,24)(H,25,26). The summed E-state index contributed by atoms with van der Waals surface area (Å²) in [6.07, 6.45) is 3.34. The van der Waals surface area contributed by atoms with E-state index in [-0.39, 0.29) is 5.91 Å². The Morgan fingerprint density at radius 1 is 1.36 bits per heavy atom. The van der Waals surface area contributed by atoms with E-state index in [4.69, 9.17) is 10.1 Å². The van der Waals surface area contributed by atoms with E-state index in [2.05, 4.69) is 20.5 Å². The molecule has 4 rings (SSSR count). The Labute approximate surface area is 169 Å². The number of anilines is 1. The molecule has 3 aromatic heterocycles. The summed E-state index contributed by atoms with van der Waals surface area (Å²) >= 11 is 3.18. The average molecular weight is 418 g/mol. The number of thiophene rings is 1. The summed E-state index contributed by atoms with van der Waals surface area (Å²) in [7, 11) is 0. The molecule has 0 saturated heterocycles. The first-order valence-corrected chi connectivity index (χ1v) is 10.5. The molecule has 0 spiro atoms. The number of hydrogen-bond donors (Lipinski definition) is 3. The zero-order valence-electron chi connectivity index (χ0n) is 15.2. The first-order valence-electron chi connectivity index (χ1n) is 8.83. The first kappa shape index (κ1) is 18.8.